The maximum absolute atomic E-state index is 12.5. The molecule has 0 fully saturated rings. The summed E-state index contributed by atoms with van der Waals surface area (Å²) in [5, 5.41) is 12.2. The number of halogens is 1. The van der Waals surface area contributed by atoms with E-state index < -0.39 is 10.0 Å². The second-order valence-electron chi connectivity index (χ2n) is 7.37. The lowest BCUT2D eigenvalue weighted by Crippen LogP contribution is -2.41. The van der Waals surface area contributed by atoms with Crippen molar-refractivity contribution < 1.29 is 22.5 Å². The first-order valence-electron chi connectivity index (χ1n) is 9.64. The van der Waals surface area contributed by atoms with E-state index in [1.807, 2.05) is 24.3 Å². The van der Waals surface area contributed by atoms with Crippen LogP contribution in [0.4, 0.5) is 0 Å². The number of hydrogen-bond acceptors (Lipinski definition) is 5. The van der Waals surface area contributed by atoms with Gasteiger partial charge in [0.05, 0.1) is 32.5 Å². The molecule has 2 aromatic rings. The zero-order chi connectivity index (χ0) is 21.8. The second kappa shape index (κ2) is 9.57. The van der Waals surface area contributed by atoms with Gasteiger partial charge in [0.15, 0.2) is 0 Å². The van der Waals surface area contributed by atoms with E-state index in [9.17, 15) is 13.6 Å². The third-order valence-corrected chi connectivity index (χ3v) is 6.72. The van der Waals surface area contributed by atoms with Crippen molar-refractivity contribution in [2.75, 3.05) is 40.5 Å². The topological polar surface area (TPSA) is 88.0 Å². The third-order valence-electron chi connectivity index (χ3n) is 4.88. The van der Waals surface area contributed by atoms with Gasteiger partial charge in [-0.1, -0.05) is 28.1 Å². The van der Waals surface area contributed by atoms with Crippen LogP contribution in [0, 0.1) is 5.21 Å². The number of fused-ring (bicyclic) bond motifs is 1. The van der Waals surface area contributed by atoms with E-state index >= 15 is 0 Å². The molecule has 0 bridgehead atoms. The molecular formula is C21H25BrN2O5S. The van der Waals surface area contributed by atoms with Crippen LogP contribution in [0.3, 0.4) is 0 Å². The van der Waals surface area contributed by atoms with Gasteiger partial charge >= 0.3 is 0 Å². The van der Waals surface area contributed by atoms with Crippen molar-refractivity contribution in [3.8, 4) is 5.75 Å². The summed E-state index contributed by atoms with van der Waals surface area (Å²) in [6.45, 7) is 1.74. The number of benzene rings is 2. The molecule has 1 aliphatic heterocycles. The summed E-state index contributed by atoms with van der Waals surface area (Å²) in [5.41, 5.74) is 1.75. The predicted octanol–water partition coefficient (Wildman–Crippen LogP) is 3.74. The van der Waals surface area contributed by atoms with Crippen LogP contribution in [-0.2, 0) is 14.8 Å². The number of quaternary nitrogens is 1. The van der Waals surface area contributed by atoms with Gasteiger partial charge in [-0.05, 0) is 30.7 Å². The molecule has 1 aliphatic rings. The van der Waals surface area contributed by atoms with Crippen LogP contribution >= 0.6 is 15.9 Å². The van der Waals surface area contributed by atoms with Crippen LogP contribution in [0.2, 0.25) is 0 Å². The molecule has 0 aliphatic carbocycles. The average Bonchev–Trinajstić information content (AvgIpc) is 2.97. The molecule has 0 saturated carbocycles. The number of nitrogens with zero attached hydrogens (tertiary/aromatic N) is 2. The van der Waals surface area contributed by atoms with Crippen molar-refractivity contribution in [1.82, 2.24) is 0 Å². The molecule has 0 N–H and O–H groups in total. The maximum atomic E-state index is 12.5. The fraction of sp³-hybridized carbons (Fsp3) is 0.381. The number of likely N-dealkylation sites (N-methyl/N-ethyl adjacent to an activating group) is 1. The molecule has 2 aromatic carbocycles. The summed E-state index contributed by atoms with van der Waals surface area (Å²) in [5.74, 6) is 0.475. The van der Waals surface area contributed by atoms with E-state index in [2.05, 4.69) is 20.3 Å². The molecule has 0 aromatic heterocycles. The molecule has 0 spiro atoms. The van der Waals surface area contributed by atoms with Gasteiger partial charge < -0.3 is 19.3 Å². The number of rotatable bonds is 10. The van der Waals surface area contributed by atoms with Crippen molar-refractivity contribution >= 4 is 31.7 Å². The first-order valence-corrected chi connectivity index (χ1v) is 11.9. The molecule has 3 rings (SSSR count). The highest BCUT2D eigenvalue weighted by Gasteiger charge is 2.30. The van der Waals surface area contributed by atoms with Crippen LogP contribution in [0.15, 0.2) is 56.2 Å². The minimum absolute atomic E-state index is 0.154. The smallest absolute Gasteiger partial charge is 0.283 e. The van der Waals surface area contributed by atoms with Crippen LogP contribution in [0.1, 0.15) is 24.0 Å². The molecule has 30 heavy (non-hydrogen) atoms. The molecule has 7 nitrogen and oxygen atoms in total. The van der Waals surface area contributed by atoms with Gasteiger partial charge in [-0.3, -0.25) is 0 Å². The highest BCUT2D eigenvalue weighted by atomic mass is 79.9. The van der Waals surface area contributed by atoms with E-state index in [-0.39, 0.29) is 9.54 Å². The summed E-state index contributed by atoms with van der Waals surface area (Å²) >= 11 is 3.38. The molecule has 0 radical (unpaired) electrons. The average molecular weight is 497 g/mol. The maximum Gasteiger partial charge on any atom is 0.283 e. The Morgan fingerprint density at radius 3 is 2.50 bits per heavy atom. The van der Waals surface area contributed by atoms with Crippen LogP contribution in [-0.4, -0.2) is 59.2 Å². The third kappa shape index (κ3) is 5.67. The van der Waals surface area contributed by atoms with E-state index in [4.69, 9.17) is 9.47 Å². The fourth-order valence-corrected chi connectivity index (χ4v) is 4.69. The Bertz CT molecular complexity index is 1020. The number of sulfonamides is 1. The molecule has 1 unspecified atom stereocenters. The zero-order valence-corrected chi connectivity index (χ0v) is 19.4. The van der Waals surface area contributed by atoms with Gasteiger partial charge in [0.25, 0.3) is 10.0 Å². The molecule has 9 heteroatoms. The Hall–Kier alpha value is -1.78. The first-order chi connectivity index (χ1) is 14.2. The van der Waals surface area contributed by atoms with E-state index in [1.165, 1.54) is 6.07 Å². The minimum atomic E-state index is -3.76. The normalized spacial score (nSPS) is 16.6. The van der Waals surface area contributed by atoms with Crippen molar-refractivity contribution in [3.05, 3.63) is 63.3 Å². The van der Waals surface area contributed by atoms with E-state index in [1.54, 1.807) is 26.3 Å². The lowest BCUT2D eigenvalue weighted by Gasteiger charge is -2.38. The number of ether oxygens (including phenoxy) is 2. The van der Waals surface area contributed by atoms with Crippen LogP contribution in [0.25, 0.3) is 0 Å². The highest BCUT2D eigenvalue weighted by molar-refractivity contribution is 9.10. The molecule has 1 heterocycles. The van der Waals surface area contributed by atoms with Gasteiger partial charge in [0.2, 0.25) is 0 Å². The van der Waals surface area contributed by atoms with E-state index in [0.717, 1.165) is 10.0 Å². The Morgan fingerprint density at radius 2 is 1.80 bits per heavy atom. The molecule has 0 saturated heterocycles. The second-order valence-corrected chi connectivity index (χ2v) is 9.86. The molecule has 162 valence electrons. The zero-order valence-electron chi connectivity index (χ0n) is 17.0. The molecular weight excluding hydrogens is 472 g/mol. The lowest BCUT2D eigenvalue weighted by molar-refractivity contribution is -0.861. The summed E-state index contributed by atoms with van der Waals surface area (Å²) in [4.78, 5) is 0.154. The predicted molar refractivity (Wildman–Crippen MR) is 119 cm³/mol. The number of unbranched alkanes of at least 4 members (excludes halogenated alkanes) is 1. The summed E-state index contributed by atoms with van der Waals surface area (Å²) in [6, 6.07) is 12.3. The quantitative estimate of drug-likeness (QED) is 0.284. The fourth-order valence-electron chi connectivity index (χ4n) is 3.17. The van der Waals surface area contributed by atoms with Crippen molar-refractivity contribution in [1.29, 1.82) is 0 Å². The minimum Gasteiger partial charge on any atom is -0.633 e. The highest BCUT2D eigenvalue weighted by Crippen LogP contribution is 2.32. The number of methoxy groups -OCH3 is 1. The Kier molecular flexibility index (Phi) is 7.30. The molecule has 1 atom stereocenters. The Labute approximate surface area is 185 Å². The van der Waals surface area contributed by atoms with Gasteiger partial charge in [0, 0.05) is 35.2 Å². The monoisotopic (exact) mass is 496 g/mol. The largest absolute Gasteiger partial charge is 0.633 e. The van der Waals surface area contributed by atoms with Crippen molar-refractivity contribution in [3.63, 3.8) is 0 Å². The van der Waals surface area contributed by atoms with Gasteiger partial charge in [-0.2, -0.15) is 12.8 Å². The van der Waals surface area contributed by atoms with Gasteiger partial charge in [-0.15, -0.1) is 0 Å². The Balaban J connectivity index is 1.61. The van der Waals surface area contributed by atoms with Crippen LogP contribution < -0.4 is 4.74 Å². The SMILES string of the molecule is COCC[N+](C)([O-])CCCCOc1ccc2c(c1)S(=O)(=O)N=C2c1ccc(Br)cc1. The van der Waals surface area contributed by atoms with Crippen molar-refractivity contribution in [2.45, 2.75) is 17.7 Å². The van der Waals surface area contributed by atoms with Gasteiger partial charge in [0.1, 0.15) is 17.2 Å². The first kappa shape index (κ1) is 22.9. The van der Waals surface area contributed by atoms with E-state index in [0.29, 0.717) is 56.2 Å². The summed E-state index contributed by atoms with van der Waals surface area (Å²) < 4.78 is 40.3. The molecule has 0 amide bonds. The van der Waals surface area contributed by atoms with Crippen LogP contribution in [0.5, 0.6) is 5.75 Å². The van der Waals surface area contributed by atoms with Crippen molar-refractivity contribution in [2.24, 2.45) is 4.40 Å². The number of hydrogen-bond donors (Lipinski definition) is 0. The van der Waals surface area contributed by atoms with Gasteiger partial charge in [-0.25, -0.2) is 0 Å². The lowest BCUT2D eigenvalue weighted by atomic mass is 10.0. The summed E-state index contributed by atoms with van der Waals surface area (Å²) in [7, 11) is -0.544. The standard InChI is InChI=1S/C21H25BrN2O5S/c1-24(25,12-14-28-2)11-3-4-13-29-18-9-10-19-20(15-18)30(26,27)23-21(19)16-5-7-17(22)8-6-16/h5-10,15H,3-4,11-14H2,1-2H3. The summed E-state index contributed by atoms with van der Waals surface area (Å²) in [6.07, 6.45) is 1.41. The Morgan fingerprint density at radius 1 is 1.07 bits per heavy atom. The number of hydroxylamine groups is 3.